The number of rotatable bonds is 15. The van der Waals surface area contributed by atoms with E-state index in [1.54, 1.807) is 12.1 Å². The summed E-state index contributed by atoms with van der Waals surface area (Å²) in [6.45, 7) is 3.23. The summed E-state index contributed by atoms with van der Waals surface area (Å²) < 4.78 is 5.55. The van der Waals surface area contributed by atoms with Gasteiger partial charge in [-0.1, -0.05) is 97.1 Å². The lowest BCUT2D eigenvalue weighted by atomic mass is 10.0. The first kappa shape index (κ1) is 31.4. The number of nitrogens with one attached hydrogen (secondary N) is 3. The molecule has 4 aromatic carbocycles. The molecule has 0 saturated heterocycles. The predicted molar refractivity (Wildman–Crippen MR) is 168 cm³/mol. The van der Waals surface area contributed by atoms with Gasteiger partial charge in [-0.05, 0) is 53.3 Å². The molecular formula is C35H40N4O4. The molecule has 2 amide bonds. The second kappa shape index (κ2) is 16.2. The summed E-state index contributed by atoms with van der Waals surface area (Å²) in [6, 6.07) is 32.2. The summed E-state index contributed by atoms with van der Waals surface area (Å²) >= 11 is 0. The Bertz CT molecular complexity index is 1410. The number of aliphatic hydroxyl groups excluding tert-OH is 1. The smallest absolute Gasteiger partial charge is 0.243 e. The first-order valence-corrected chi connectivity index (χ1v) is 14.6. The van der Waals surface area contributed by atoms with Crippen LogP contribution in [0.4, 0.5) is 0 Å². The van der Waals surface area contributed by atoms with Crippen molar-refractivity contribution in [1.29, 1.82) is 0 Å². The Hall–Kier alpha value is -4.50. The van der Waals surface area contributed by atoms with Crippen LogP contribution in [0.15, 0.2) is 109 Å². The van der Waals surface area contributed by atoms with Crippen LogP contribution < -0.4 is 26.4 Å². The van der Waals surface area contributed by atoms with Crippen molar-refractivity contribution >= 4 is 11.8 Å². The number of carbonyl (C=O) groups is 2. The maximum atomic E-state index is 13.8. The van der Waals surface area contributed by atoms with E-state index in [9.17, 15) is 14.7 Å². The molecule has 0 saturated carbocycles. The highest BCUT2D eigenvalue weighted by atomic mass is 16.5. The first-order chi connectivity index (χ1) is 20.9. The monoisotopic (exact) mass is 580 g/mol. The van der Waals surface area contributed by atoms with Gasteiger partial charge in [0.15, 0.2) is 0 Å². The summed E-state index contributed by atoms with van der Waals surface area (Å²) in [4.78, 5) is 27.3. The zero-order chi connectivity index (χ0) is 30.4. The molecular weight excluding hydrogens is 540 g/mol. The fraction of sp³-hybridized carbons (Fsp3) is 0.257. The molecule has 0 spiro atoms. The molecule has 0 aliphatic heterocycles. The van der Waals surface area contributed by atoms with Gasteiger partial charge in [0.2, 0.25) is 11.8 Å². The third-order valence-corrected chi connectivity index (χ3v) is 7.11. The molecule has 0 aliphatic carbocycles. The Morgan fingerprint density at radius 1 is 0.721 bits per heavy atom. The molecule has 0 fully saturated rings. The Balaban J connectivity index is 1.52. The van der Waals surface area contributed by atoms with E-state index >= 15 is 0 Å². The van der Waals surface area contributed by atoms with Crippen LogP contribution in [-0.2, 0) is 35.5 Å². The molecule has 0 aliphatic rings. The van der Waals surface area contributed by atoms with Crippen molar-refractivity contribution in [1.82, 2.24) is 16.0 Å². The minimum absolute atomic E-state index is 0.287. The average molecular weight is 581 g/mol. The first-order valence-electron chi connectivity index (χ1n) is 14.6. The molecule has 0 bridgehead atoms. The molecule has 4 rings (SSSR count). The highest BCUT2D eigenvalue weighted by Gasteiger charge is 2.28. The highest BCUT2D eigenvalue weighted by Crippen LogP contribution is 2.16. The van der Waals surface area contributed by atoms with Crippen molar-refractivity contribution < 1.29 is 19.4 Å². The Morgan fingerprint density at radius 3 is 1.91 bits per heavy atom. The number of hydrogen-bond donors (Lipinski definition) is 5. The lowest BCUT2D eigenvalue weighted by molar-refractivity contribution is -0.130. The van der Waals surface area contributed by atoms with Crippen LogP contribution in [-0.4, -0.2) is 35.6 Å². The van der Waals surface area contributed by atoms with Gasteiger partial charge >= 0.3 is 0 Å². The van der Waals surface area contributed by atoms with E-state index in [1.165, 1.54) is 0 Å². The largest absolute Gasteiger partial charge is 0.494 e. The molecule has 4 aromatic rings. The second-order valence-electron chi connectivity index (χ2n) is 10.3. The molecule has 0 radical (unpaired) electrons. The lowest BCUT2D eigenvalue weighted by Crippen LogP contribution is -2.54. The third kappa shape index (κ3) is 9.78. The molecule has 0 aromatic heterocycles. The van der Waals surface area contributed by atoms with Gasteiger partial charge in [-0.3, -0.25) is 14.9 Å². The van der Waals surface area contributed by atoms with Crippen molar-refractivity contribution in [2.45, 2.75) is 51.2 Å². The Kier molecular flexibility index (Phi) is 11.9. The van der Waals surface area contributed by atoms with Gasteiger partial charge in [0.25, 0.3) is 0 Å². The van der Waals surface area contributed by atoms with E-state index in [0.29, 0.717) is 31.7 Å². The summed E-state index contributed by atoms with van der Waals surface area (Å²) in [6.07, 6.45) is -0.492. The number of nitrogens with two attached hydrogens (primary N) is 1. The highest BCUT2D eigenvalue weighted by molar-refractivity contribution is 5.90. The van der Waals surface area contributed by atoms with Crippen LogP contribution in [0.25, 0.3) is 0 Å². The van der Waals surface area contributed by atoms with Gasteiger partial charge in [0, 0.05) is 19.5 Å². The van der Waals surface area contributed by atoms with Crippen molar-refractivity contribution in [2.24, 2.45) is 5.73 Å². The fourth-order valence-electron chi connectivity index (χ4n) is 4.71. The molecule has 6 N–H and O–H groups in total. The van der Waals surface area contributed by atoms with Gasteiger partial charge in [-0.25, -0.2) is 0 Å². The van der Waals surface area contributed by atoms with E-state index in [-0.39, 0.29) is 12.3 Å². The lowest BCUT2D eigenvalue weighted by Gasteiger charge is -2.26. The molecule has 0 heterocycles. The molecule has 8 nitrogen and oxygen atoms in total. The van der Waals surface area contributed by atoms with E-state index in [4.69, 9.17) is 10.5 Å². The van der Waals surface area contributed by atoms with Crippen LogP contribution in [0.3, 0.4) is 0 Å². The van der Waals surface area contributed by atoms with Crippen molar-refractivity contribution in [2.75, 3.05) is 6.61 Å². The van der Waals surface area contributed by atoms with Crippen LogP contribution >= 0.6 is 0 Å². The second-order valence-corrected chi connectivity index (χ2v) is 10.3. The minimum Gasteiger partial charge on any atom is -0.494 e. The fourth-order valence-corrected chi connectivity index (χ4v) is 4.71. The van der Waals surface area contributed by atoms with Crippen molar-refractivity contribution in [3.63, 3.8) is 0 Å². The molecule has 43 heavy (non-hydrogen) atoms. The zero-order valence-corrected chi connectivity index (χ0v) is 24.4. The van der Waals surface area contributed by atoms with Crippen LogP contribution in [0.5, 0.6) is 5.75 Å². The number of carbonyl (C=O) groups excluding carboxylic acids is 2. The Labute approximate surface area is 253 Å². The normalized spacial score (nSPS) is 13.0. The molecule has 8 heteroatoms. The summed E-state index contributed by atoms with van der Waals surface area (Å²) in [5.41, 5.74) is 10.1. The van der Waals surface area contributed by atoms with E-state index in [2.05, 4.69) is 16.0 Å². The standard InChI is InChI=1S/C35H40N4O4/c1-2-43-30-19-17-26(18-20-30)22-32(38-33(40)29-11-7-4-8-12-29)35(42)39-31(21-25-9-5-3-6-10-25)34(41)37-24-28-15-13-27(23-36)14-16-28/h3-20,31-33,38,40H,2,21-24,36H2,1H3,(H,37,41)(H,39,42)/t31-,32+,33?/m0/s1. The van der Waals surface area contributed by atoms with E-state index < -0.39 is 24.2 Å². The number of amides is 2. The van der Waals surface area contributed by atoms with E-state index in [1.807, 2.05) is 104 Å². The topological polar surface area (TPSA) is 126 Å². The van der Waals surface area contributed by atoms with Gasteiger partial charge in [-0.15, -0.1) is 0 Å². The molecule has 1 unspecified atom stereocenters. The van der Waals surface area contributed by atoms with Crippen LogP contribution in [0.2, 0.25) is 0 Å². The van der Waals surface area contributed by atoms with Gasteiger partial charge < -0.3 is 26.2 Å². The minimum atomic E-state index is -1.09. The van der Waals surface area contributed by atoms with Gasteiger partial charge in [0.1, 0.15) is 18.0 Å². The summed E-state index contributed by atoms with van der Waals surface area (Å²) in [5, 5.41) is 20.0. The SMILES string of the molecule is CCOc1ccc(C[C@@H](NC(O)c2ccccc2)C(=O)N[C@@H](Cc2ccccc2)C(=O)NCc2ccc(CN)cc2)cc1. The zero-order valence-electron chi connectivity index (χ0n) is 24.4. The van der Waals surface area contributed by atoms with Crippen molar-refractivity contribution in [3.8, 4) is 5.75 Å². The number of hydrogen-bond acceptors (Lipinski definition) is 6. The van der Waals surface area contributed by atoms with Gasteiger partial charge in [-0.2, -0.15) is 0 Å². The maximum Gasteiger partial charge on any atom is 0.243 e. The maximum absolute atomic E-state index is 13.8. The van der Waals surface area contributed by atoms with Crippen molar-refractivity contribution in [3.05, 3.63) is 137 Å². The van der Waals surface area contributed by atoms with E-state index in [0.717, 1.165) is 28.0 Å². The predicted octanol–water partition coefficient (Wildman–Crippen LogP) is 3.78. The number of aliphatic hydroxyl groups is 1. The summed E-state index contributed by atoms with van der Waals surface area (Å²) in [5.74, 6) is 0.0394. The van der Waals surface area contributed by atoms with Gasteiger partial charge in [0.05, 0.1) is 12.6 Å². The summed E-state index contributed by atoms with van der Waals surface area (Å²) in [7, 11) is 0. The molecule has 3 atom stereocenters. The number of ether oxygens (including phenoxy) is 1. The number of benzene rings is 4. The van der Waals surface area contributed by atoms with Crippen LogP contribution in [0, 0.1) is 0 Å². The molecule has 224 valence electrons. The van der Waals surface area contributed by atoms with Crippen LogP contribution in [0.1, 0.15) is 41.0 Å². The third-order valence-electron chi connectivity index (χ3n) is 7.11. The Morgan fingerprint density at radius 2 is 1.28 bits per heavy atom. The average Bonchev–Trinajstić information content (AvgIpc) is 3.05. The quantitative estimate of drug-likeness (QED) is 0.136.